The zero-order valence-corrected chi connectivity index (χ0v) is 11.7. The van der Waals surface area contributed by atoms with Crippen LogP contribution in [-0.2, 0) is 0 Å². The smallest absolute Gasteiger partial charge is 0.412 e. The quantitative estimate of drug-likeness (QED) is 0.736. The molecule has 2 heterocycles. The Morgan fingerprint density at radius 1 is 1.45 bits per heavy atom. The summed E-state index contributed by atoms with van der Waals surface area (Å²) >= 11 is 0. The molecule has 1 amide bonds. The van der Waals surface area contributed by atoms with Gasteiger partial charge in [0.2, 0.25) is 0 Å². The van der Waals surface area contributed by atoms with E-state index in [0.717, 1.165) is 11.3 Å². The molecule has 2 rings (SSSR count). The minimum Gasteiger partial charge on any atom is -0.465 e. The number of rotatable bonds is 0. The van der Waals surface area contributed by atoms with Crippen molar-refractivity contribution in [2.24, 2.45) is 0 Å². The molecule has 0 spiro atoms. The third-order valence-corrected chi connectivity index (χ3v) is 3.23. The van der Waals surface area contributed by atoms with Crippen LogP contribution in [0.3, 0.4) is 0 Å². The van der Waals surface area contributed by atoms with Crippen LogP contribution in [0.15, 0.2) is 42.1 Å². The summed E-state index contributed by atoms with van der Waals surface area (Å²) in [6.45, 7) is 5.61. The molecule has 0 fully saturated rings. The van der Waals surface area contributed by atoms with E-state index in [4.69, 9.17) is 5.11 Å². The van der Waals surface area contributed by atoms with Crippen molar-refractivity contribution in [1.29, 1.82) is 0 Å². The molecule has 1 aromatic rings. The summed E-state index contributed by atoms with van der Waals surface area (Å²) < 4.78 is 0. The van der Waals surface area contributed by atoms with Gasteiger partial charge in [-0.3, -0.25) is 4.90 Å². The summed E-state index contributed by atoms with van der Waals surface area (Å²) in [6.07, 6.45) is 4.10. The van der Waals surface area contributed by atoms with Crippen molar-refractivity contribution in [3.05, 3.63) is 53.5 Å². The van der Waals surface area contributed by atoms with Gasteiger partial charge < -0.3 is 5.11 Å². The lowest BCUT2D eigenvalue weighted by molar-refractivity contribution is 0.140. The predicted molar refractivity (Wildman–Crippen MR) is 77.0 cm³/mol. The van der Waals surface area contributed by atoms with E-state index in [1.54, 1.807) is 18.4 Å². The van der Waals surface area contributed by atoms with Crippen LogP contribution < -0.4 is 0 Å². The predicted octanol–water partition coefficient (Wildman–Crippen LogP) is 2.95. The van der Waals surface area contributed by atoms with Crippen LogP contribution in [-0.4, -0.2) is 26.6 Å². The Morgan fingerprint density at radius 2 is 2.20 bits per heavy atom. The first kappa shape index (κ1) is 13.9. The fraction of sp³-hybridized carbons (Fsp3) is 0.250. The lowest BCUT2D eigenvalue weighted by atomic mass is 9.95. The Balaban J connectivity index is 2.22. The number of aryl methyl sites for hydroxylation is 1. The highest BCUT2D eigenvalue weighted by atomic mass is 16.4. The minimum absolute atomic E-state index is 0.597. The number of carboxylic acid groups (broad SMARTS) is 1. The minimum atomic E-state index is -0.969. The number of hydrogen-bond acceptors (Lipinski definition) is 2. The van der Waals surface area contributed by atoms with Gasteiger partial charge in [0.1, 0.15) is 5.69 Å². The van der Waals surface area contributed by atoms with Gasteiger partial charge in [-0.05, 0) is 56.5 Å². The molecule has 1 aliphatic rings. The van der Waals surface area contributed by atoms with E-state index in [0.29, 0.717) is 5.69 Å². The highest BCUT2D eigenvalue weighted by molar-refractivity contribution is 5.70. The molecule has 4 heteroatoms. The van der Waals surface area contributed by atoms with Crippen LogP contribution in [0, 0.1) is 18.8 Å². The Morgan fingerprint density at radius 3 is 2.80 bits per heavy atom. The monoisotopic (exact) mass is 268 g/mol. The van der Waals surface area contributed by atoms with Crippen molar-refractivity contribution in [1.82, 2.24) is 9.88 Å². The van der Waals surface area contributed by atoms with E-state index in [1.807, 2.05) is 39.0 Å². The van der Waals surface area contributed by atoms with Crippen LogP contribution in [0.25, 0.3) is 0 Å². The molecule has 1 N–H and O–H groups in total. The zero-order valence-electron chi connectivity index (χ0n) is 11.7. The average Bonchev–Trinajstić information content (AvgIpc) is 2.65. The summed E-state index contributed by atoms with van der Waals surface area (Å²) in [5.41, 5.74) is 1.89. The maximum atomic E-state index is 11.1. The third-order valence-electron chi connectivity index (χ3n) is 3.23. The van der Waals surface area contributed by atoms with E-state index in [2.05, 4.69) is 16.8 Å². The van der Waals surface area contributed by atoms with Crippen molar-refractivity contribution in [2.75, 3.05) is 0 Å². The molecular formula is C16H16N2O2. The molecule has 1 aliphatic heterocycles. The summed E-state index contributed by atoms with van der Waals surface area (Å²) in [5.74, 6) is 5.90. The molecule has 0 saturated heterocycles. The second kappa shape index (κ2) is 5.22. The first-order valence-electron chi connectivity index (χ1n) is 6.27. The number of hydrogen-bond donors (Lipinski definition) is 1. The number of allylic oxidation sites excluding steroid dienone is 1. The van der Waals surface area contributed by atoms with Crippen molar-refractivity contribution in [3.63, 3.8) is 0 Å². The number of pyridine rings is 1. The van der Waals surface area contributed by atoms with Crippen LogP contribution in [0.5, 0.6) is 0 Å². The Labute approximate surface area is 118 Å². The number of amides is 1. The second-order valence-electron chi connectivity index (χ2n) is 5.06. The normalized spacial score (nSPS) is 17.9. The maximum absolute atomic E-state index is 11.1. The van der Waals surface area contributed by atoms with Crippen molar-refractivity contribution >= 4 is 6.09 Å². The van der Waals surface area contributed by atoms with Gasteiger partial charge in [-0.1, -0.05) is 12.0 Å². The molecule has 1 aromatic heterocycles. The SMILES string of the molecule is Cc1cccc(C#C/C=C2\C=CN(C(=O)O)C2(C)C)n1. The van der Waals surface area contributed by atoms with Crippen molar-refractivity contribution in [3.8, 4) is 11.8 Å². The van der Waals surface area contributed by atoms with Gasteiger partial charge in [0.25, 0.3) is 0 Å². The molecule has 0 atom stereocenters. The average molecular weight is 268 g/mol. The van der Waals surface area contributed by atoms with E-state index < -0.39 is 11.6 Å². The second-order valence-corrected chi connectivity index (χ2v) is 5.06. The molecule has 0 saturated carbocycles. The maximum Gasteiger partial charge on any atom is 0.412 e. The Bertz CT molecular complexity index is 661. The van der Waals surface area contributed by atoms with E-state index in [-0.39, 0.29) is 0 Å². The first-order valence-corrected chi connectivity index (χ1v) is 6.27. The highest BCUT2D eigenvalue weighted by Gasteiger charge is 2.35. The third kappa shape index (κ3) is 2.72. The van der Waals surface area contributed by atoms with Gasteiger partial charge in [-0.2, -0.15) is 0 Å². The highest BCUT2D eigenvalue weighted by Crippen LogP contribution is 2.31. The summed E-state index contributed by atoms with van der Waals surface area (Å²) in [4.78, 5) is 16.7. The summed E-state index contributed by atoms with van der Waals surface area (Å²) in [7, 11) is 0. The summed E-state index contributed by atoms with van der Waals surface area (Å²) in [6, 6.07) is 5.67. The van der Waals surface area contributed by atoms with Gasteiger partial charge in [-0.25, -0.2) is 9.78 Å². The number of aromatic nitrogens is 1. The Hall–Kier alpha value is -2.54. The molecule has 0 radical (unpaired) electrons. The Kier molecular flexibility index (Phi) is 3.62. The van der Waals surface area contributed by atoms with Gasteiger partial charge in [0.15, 0.2) is 0 Å². The lowest BCUT2D eigenvalue weighted by Gasteiger charge is -2.29. The molecule has 4 nitrogen and oxygen atoms in total. The largest absolute Gasteiger partial charge is 0.465 e. The van der Waals surface area contributed by atoms with Crippen LogP contribution >= 0.6 is 0 Å². The van der Waals surface area contributed by atoms with E-state index in [9.17, 15) is 4.79 Å². The topological polar surface area (TPSA) is 53.4 Å². The van der Waals surface area contributed by atoms with Crippen molar-refractivity contribution in [2.45, 2.75) is 26.3 Å². The molecule has 102 valence electrons. The van der Waals surface area contributed by atoms with Gasteiger partial charge in [0, 0.05) is 11.9 Å². The first-order chi connectivity index (χ1) is 9.41. The fourth-order valence-electron chi connectivity index (χ4n) is 2.01. The molecule has 0 aromatic carbocycles. The van der Waals surface area contributed by atoms with Crippen LogP contribution in [0.4, 0.5) is 4.79 Å². The lowest BCUT2D eigenvalue weighted by Crippen LogP contribution is -2.41. The van der Waals surface area contributed by atoms with Crippen LogP contribution in [0.2, 0.25) is 0 Å². The number of carbonyl (C=O) groups is 1. The summed E-state index contributed by atoms with van der Waals surface area (Å²) in [5, 5.41) is 9.10. The molecular weight excluding hydrogens is 252 g/mol. The van der Waals surface area contributed by atoms with Gasteiger partial charge in [0.05, 0.1) is 5.54 Å². The van der Waals surface area contributed by atoms with Gasteiger partial charge in [-0.15, -0.1) is 0 Å². The molecule has 0 bridgehead atoms. The molecule has 0 unspecified atom stereocenters. The van der Waals surface area contributed by atoms with E-state index >= 15 is 0 Å². The zero-order chi connectivity index (χ0) is 14.8. The van der Waals surface area contributed by atoms with Gasteiger partial charge >= 0.3 is 6.09 Å². The molecule has 0 aliphatic carbocycles. The van der Waals surface area contributed by atoms with E-state index in [1.165, 1.54) is 4.90 Å². The van der Waals surface area contributed by atoms with Crippen LogP contribution in [0.1, 0.15) is 25.2 Å². The standard InChI is InChI=1S/C16H16N2O2/c1-12-6-4-8-14(17-12)9-5-7-13-10-11-18(15(19)20)16(13,2)3/h4,6-8,10-11H,1-3H3,(H,19,20)/b13-7+. The number of nitrogens with zero attached hydrogens (tertiary/aromatic N) is 2. The van der Waals surface area contributed by atoms with Crippen molar-refractivity contribution < 1.29 is 9.90 Å². The molecule has 20 heavy (non-hydrogen) atoms. The fourth-order valence-corrected chi connectivity index (χ4v) is 2.01.